The molecule has 7 nitrogen and oxygen atoms in total. The third-order valence-electron chi connectivity index (χ3n) is 3.26. The van der Waals surface area contributed by atoms with Crippen molar-refractivity contribution in [3.63, 3.8) is 0 Å². The molecule has 0 aromatic carbocycles. The molecule has 1 aliphatic rings. The van der Waals surface area contributed by atoms with Gasteiger partial charge in [-0.1, -0.05) is 30.0 Å². The fourth-order valence-corrected chi connectivity index (χ4v) is 2.63. The number of aromatic amines is 1. The van der Waals surface area contributed by atoms with Crippen LogP contribution in [0, 0.1) is 0 Å². The van der Waals surface area contributed by atoms with Gasteiger partial charge in [-0.2, -0.15) is 4.98 Å². The monoisotopic (exact) mass is 345 g/mol. The molecule has 0 saturated carbocycles. The molecule has 24 heavy (non-hydrogen) atoms. The van der Waals surface area contributed by atoms with Gasteiger partial charge in [-0.15, -0.1) is 5.10 Å². The largest absolute Gasteiger partial charge is 0.501 e. The highest BCUT2D eigenvalue weighted by molar-refractivity contribution is 7.99. The topological polar surface area (TPSA) is 101 Å². The number of carboxylic acids is 1. The minimum atomic E-state index is -0.914. The van der Waals surface area contributed by atoms with E-state index < -0.39 is 5.97 Å². The summed E-state index contributed by atoms with van der Waals surface area (Å²) in [4.78, 5) is 14.8. The van der Waals surface area contributed by atoms with Gasteiger partial charge in [0.25, 0.3) is 0 Å². The van der Waals surface area contributed by atoms with Gasteiger partial charge in [-0.05, 0) is 18.2 Å². The average molecular weight is 345 g/mol. The molecular weight excluding hydrogens is 330 g/mol. The number of carboxylic acid groups (broad SMARTS) is 1. The zero-order chi connectivity index (χ0) is 16.9. The predicted octanol–water partition coefficient (Wildman–Crippen LogP) is 3.12. The second kappa shape index (κ2) is 7.22. The van der Waals surface area contributed by atoms with Crippen molar-refractivity contribution in [2.45, 2.75) is 11.6 Å². The number of allylic oxidation sites excluding steroid dienone is 5. The van der Waals surface area contributed by atoms with Crippen molar-refractivity contribution in [3.05, 3.63) is 48.0 Å². The minimum absolute atomic E-state index is 0.0901. The first kappa shape index (κ1) is 16.1. The van der Waals surface area contributed by atoms with E-state index in [-0.39, 0.29) is 5.75 Å². The van der Waals surface area contributed by atoms with Gasteiger partial charge < -0.3 is 14.3 Å². The molecule has 0 unspecified atom stereocenters. The maximum absolute atomic E-state index is 10.6. The van der Waals surface area contributed by atoms with Gasteiger partial charge in [0.2, 0.25) is 5.16 Å². The van der Waals surface area contributed by atoms with Gasteiger partial charge in [0.05, 0.1) is 18.6 Å². The molecule has 0 saturated heterocycles. The summed E-state index contributed by atoms with van der Waals surface area (Å²) < 4.78 is 11.1. The fourth-order valence-electron chi connectivity index (χ4n) is 2.11. The van der Waals surface area contributed by atoms with Crippen molar-refractivity contribution in [2.24, 2.45) is 0 Å². The SMILES string of the molecule is COC1=CC=CC(c2ccc(-c3nc(SCC(=O)O)n[nH]3)o2)=CC1. The summed E-state index contributed by atoms with van der Waals surface area (Å²) in [5.74, 6) is 1.59. The molecule has 2 heterocycles. The molecule has 1 aliphatic carbocycles. The van der Waals surface area contributed by atoms with Crippen LogP contribution >= 0.6 is 11.8 Å². The Morgan fingerprint density at radius 1 is 1.46 bits per heavy atom. The number of H-pyrrole nitrogens is 1. The summed E-state index contributed by atoms with van der Waals surface area (Å²) in [6, 6.07) is 3.65. The van der Waals surface area contributed by atoms with E-state index >= 15 is 0 Å². The lowest BCUT2D eigenvalue weighted by Crippen LogP contribution is -1.97. The van der Waals surface area contributed by atoms with Gasteiger partial charge in [-0.25, -0.2) is 0 Å². The van der Waals surface area contributed by atoms with Crippen molar-refractivity contribution >= 4 is 23.3 Å². The van der Waals surface area contributed by atoms with Gasteiger partial charge in [0.1, 0.15) is 5.76 Å². The number of rotatable bonds is 6. The predicted molar refractivity (Wildman–Crippen MR) is 89.3 cm³/mol. The third kappa shape index (κ3) is 3.77. The van der Waals surface area contributed by atoms with E-state index in [1.54, 1.807) is 13.2 Å². The molecule has 2 aromatic heterocycles. The average Bonchev–Trinajstić information content (AvgIpc) is 3.17. The summed E-state index contributed by atoms with van der Waals surface area (Å²) in [5, 5.41) is 15.8. The molecular formula is C16H15N3O4S. The molecule has 0 bridgehead atoms. The van der Waals surface area contributed by atoms with Crippen molar-refractivity contribution in [1.82, 2.24) is 15.2 Å². The van der Waals surface area contributed by atoms with Crippen LogP contribution < -0.4 is 0 Å². The first-order valence-electron chi connectivity index (χ1n) is 7.14. The summed E-state index contributed by atoms with van der Waals surface area (Å²) in [6.45, 7) is 0. The van der Waals surface area contributed by atoms with E-state index in [9.17, 15) is 4.79 Å². The second-order valence-electron chi connectivity index (χ2n) is 4.87. The van der Waals surface area contributed by atoms with E-state index in [0.29, 0.717) is 28.9 Å². The number of ether oxygens (including phenoxy) is 1. The van der Waals surface area contributed by atoms with E-state index in [1.165, 1.54) is 0 Å². The zero-order valence-corrected chi connectivity index (χ0v) is 13.7. The summed E-state index contributed by atoms with van der Waals surface area (Å²) in [6.07, 6.45) is 8.48. The van der Waals surface area contributed by atoms with Crippen molar-refractivity contribution in [3.8, 4) is 11.6 Å². The van der Waals surface area contributed by atoms with E-state index in [2.05, 4.69) is 15.2 Å². The maximum Gasteiger partial charge on any atom is 0.313 e. The van der Waals surface area contributed by atoms with Crippen LogP contribution in [0.25, 0.3) is 17.2 Å². The molecule has 0 radical (unpaired) electrons. The number of furan rings is 1. The van der Waals surface area contributed by atoms with Crippen LogP contribution in [0.3, 0.4) is 0 Å². The highest BCUT2D eigenvalue weighted by Crippen LogP contribution is 2.27. The second-order valence-corrected chi connectivity index (χ2v) is 5.82. The first-order valence-corrected chi connectivity index (χ1v) is 8.13. The lowest BCUT2D eigenvalue weighted by molar-refractivity contribution is -0.133. The molecule has 0 amide bonds. The van der Waals surface area contributed by atoms with Crippen LogP contribution in [0.2, 0.25) is 0 Å². The smallest absolute Gasteiger partial charge is 0.313 e. The van der Waals surface area contributed by atoms with Gasteiger partial charge in [-0.3, -0.25) is 9.89 Å². The standard InChI is InChI=1S/C16H15N3O4S/c1-22-11-4-2-3-10(5-6-11)12-7-8-13(23-12)15-17-16(19-18-15)24-9-14(20)21/h2-5,7-8H,6,9H2,1H3,(H,20,21)(H,17,18,19). The molecule has 3 rings (SSSR count). The van der Waals surface area contributed by atoms with Crippen LogP contribution in [0.15, 0.2) is 51.8 Å². The first-order chi connectivity index (χ1) is 11.7. The Morgan fingerprint density at radius 2 is 2.29 bits per heavy atom. The minimum Gasteiger partial charge on any atom is -0.501 e. The number of hydrogen-bond acceptors (Lipinski definition) is 6. The van der Waals surface area contributed by atoms with Crippen LogP contribution in [0.4, 0.5) is 0 Å². The molecule has 2 N–H and O–H groups in total. The lowest BCUT2D eigenvalue weighted by atomic mass is 10.1. The molecule has 0 atom stereocenters. The van der Waals surface area contributed by atoms with Crippen LogP contribution in [-0.2, 0) is 9.53 Å². The Morgan fingerprint density at radius 3 is 3.08 bits per heavy atom. The number of thioether (sulfide) groups is 1. The maximum atomic E-state index is 10.6. The van der Waals surface area contributed by atoms with Crippen molar-refractivity contribution in [1.29, 1.82) is 0 Å². The van der Waals surface area contributed by atoms with Crippen LogP contribution in [0.5, 0.6) is 0 Å². The van der Waals surface area contributed by atoms with Crippen molar-refractivity contribution in [2.75, 3.05) is 12.9 Å². The fraction of sp³-hybridized carbons (Fsp3) is 0.188. The third-order valence-corrected chi connectivity index (χ3v) is 4.09. The Hall–Kier alpha value is -2.74. The Labute approximate surface area is 142 Å². The highest BCUT2D eigenvalue weighted by atomic mass is 32.2. The number of aliphatic carboxylic acids is 1. The van der Waals surface area contributed by atoms with Gasteiger partial charge in [0.15, 0.2) is 11.6 Å². The Kier molecular flexibility index (Phi) is 4.85. The van der Waals surface area contributed by atoms with Gasteiger partial charge in [0, 0.05) is 12.0 Å². The quantitative estimate of drug-likeness (QED) is 0.776. The molecule has 2 aromatic rings. The summed E-state index contributed by atoms with van der Waals surface area (Å²) >= 11 is 1.05. The Balaban J connectivity index is 1.74. The molecule has 8 heteroatoms. The highest BCUT2D eigenvalue weighted by Gasteiger charge is 2.13. The normalized spacial score (nSPS) is 14.0. The van der Waals surface area contributed by atoms with Crippen LogP contribution in [0.1, 0.15) is 12.2 Å². The molecule has 124 valence electrons. The number of hydrogen-bond donors (Lipinski definition) is 2. The van der Waals surface area contributed by atoms with Crippen molar-refractivity contribution < 1.29 is 19.1 Å². The Bertz CT molecular complexity index is 832. The molecule has 0 spiro atoms. The number of carbonyl (C=O) groups is 1. The number of nitrogens with one attached hydrogen (secondary N) is 1. The van der Waals surface area contributed by atoms with Crippen LogP contribution in [-0.4, -0.2) is 39.1 Å². The van der Waals surface area contributed by atoms with E-state index in [1.807, 2.05) is 30.4 Å². The lowest BCUT2D eigenvalue weighted by Gasteiger charge is -2.00. The van der Waals surface area contributed by atoms with E-state index in [0.717, 1.165) is 23.1 Å². The number of methoxy groups -OCH3 is 1. The number of aromatic nitrogens is 3. The summed E-state index contributed by atoms with van der Waals surface area (Å²) in [5.41, 5.74) is 0.949. The summed E-state index contributed by atoms with van der Waals surface area (Å²) in [7, 11) is 1.65. The zero-order valence-electron chi connectivity index (χ0n) is 12.9. The van der Waals surface area contributed by atoms with E-state index in [4.69, 9.17) is 14.3 Å². The molecule has 0 aliphatic heterocycles. The molecule has 0 fully saturated rings. The number of nitrogens with zero attached hydrogens (tertiary/aromatic N) is 2. The van der Waals surface area contributed by atoms with Gasteiger partial charge >= 0.3 is 5.97 Å².